The molecule has 1 N–H and O–H groups in total. The van der Waals surface area contributed by atoms with Crippen LogP contribution in [0.5, 0.6) is 0 Å². The van der Waals surface area contributed by atoms with E-state index in [-0.39, 0.29) is 38.6 Å². The minimum absolute atomic E-state index is 0.173. The fourth-order valence-corrected chi connectivity index (χ4v) is 8.11. The minimum atomic E-state index is -1.53. The van der Waals surface area contributed by atoms with E-state index in [0.717, 1.165) is 141 Å². The first-order chi connectivity index (χ1) is 40.1. The van der Waals surface area contributed by atoms with Gasteiger partial charge in [0.15, 0.2) is 6.10 Å². The van der Waals surface area contributed by atoms with Crippen molar-refractivity contribution in [1.82, 2.24) is 0 Å². The molecule has 0 aliphatic carbocycles. The van der Waals surface area contributed by atoms with E-state index in [1.807, 2.05) is 21.1 Å². The quantitative estimate of drug-likeness (QED) is 0.0211. The largest absolute Gasteiger partial charge is 0.477 e. The number of aliphatic carboxylic acids is 1. The molecule has 2 unspecified atom stereocenters. The van der Waals surface area contributed by atoms with Crippen molar-refractivity contribution in [3.05, 3.63) is 158 Å². The van der Waals surface area contributed by atoms with Gasteiger partial charge in [0, 0.05) is 12.8 Å². The van der Waals surface area contributed by atoms with Gasteiger partial charge < -0.3 is 28.5 Å². The number of carbonyl (C=O) groups is 3. The first-order valence-electron chi connectivity index (χ1n) is 32.1. The number of hydrogen-bond donors (Lipinski definition) is 1. The van der Waals surface area contributed by atoms with E-state index in [2.05, 4.69) is 172 Å². The van der Waals surface area contributed by atoms with E-state index in [4.69, 9.17) is 18.9 Å². The van der Waals surface area contributed by atoms with E-state index in [0.29, 0.717) is 17.4 Å². The summed E-state index contributed by atoms with van der Waals surface area (Å²) in [6, 6.07) is 0. The fourth-order valence-electron chi connectivity index (χ4n) is 8.11. The molecule has 0 bridgehead atoms. The van der Waals surface area contributed by atoms with Gasteiger partial charge in [-0.05, 0) is 128 Å². The summed E-state index contributed by atoms with van der Waals surface area (Å²) >= 11 is 0. The zero-order chi connectivity index (χ0) is 59.8. The van der Waals surface area contributed by atoms with Gasteiger partial charge in [0.2, 0.25) is 0 Å². The second-order valence-corrected chi connectivity index (χ2v) is 22.0. The summed E-state index contributed by atoms with van der Waals surface area (Å²) in [5.74, 6) is -2.07. The number of carbonyl (C=O) groups excluding carboxylic acids is 2. The highest BCUT2D eigenvalue weighted by Gasteiger charge is 2.25. The van der Waals surface area contributed by atoms with E-state index >= 15 is 0 Å². The lowest BCUT2D eigenvalue weighted by Gasteiger charge is -2.25. The molecule has 462 valence electrons. The Kier molecular flexibility index (Phi) is 58.1. The standard InChI is InChI=1S/C73H117NO8/c1-6-8-10-12-14-16-18-20-22-24-25-26-27-28-29-30-31-32-33-34-35-36-37-38-39-40-41-42-43-44-45-46-47-48-50-52-54-56-58-60-62-64-71(76)82-69(68-81-73(72(77)78)79-66-65-74(3,4)5)67-80-70(75)63-61-59-57-55-53-51-49-23-21-19-17-15-13-11-9-7-2/h8,10,14,16,20,22-23,25-26,28-29,31-32,34-35,37-38,40-41,43-44,46-47,49-50,52,69,73H,6-7,9,11-13,15,17-19,21,24,27,30,33,36,39,42,45,48,51,53-68H2,1-5H3/p+1/b10-8-,16-14-,22-20-,26-25-,29-28-,32-31-,35-34-,38-37-,41-40-,44-43-,47-46-,49-23-,52-50-. The van der Waals surface area contributed by atoms with Crippen LogP contribution < -0.4 is 0 Å². The number of rotatable bonds is 57. The third-order valence-corrected chi connectivity index (χ3v) is 13.0. The molecule has 0 saturated heterocycles. The lowest BCUT2D eigenvalue weighted by atomic mass is 10.1. The maximum Gasteiger partial charge on any atom is 0.361 e. The molecule has 0 radical (unpaired) electrons. The van der Waals surface area contributed by atoms with Gasteiger partial charge in [-0.2, -0.15) is 0 Å². The van der Waals surface area contributed by atoms with Crippen molar-refractivity contribution in [2.75, 3.05) is 47.5 Å². The number of hydrogen-bond acceptors (Lipinski definition) is 7. The molecule has 0 rings (SSSR count). The maximum atomic E-state index is 12.9. The normalized spacial score (nSPS) is 13.8. The van der Waals surface area contributed by atoms with Crippen LogP contribution in [0, 0.1) is 0 Å². The van der Waals surface area contributed by atoms with Crippen LogP contribution in [0.2, 0.25) is 0 Å². The minimum Gasteiger partial charge on any atom is -0.477 e. The fraction of sp³-hybridized carbons (Fsp3) is 0.603. The number of allylic oxidation sites excluding steroid dienone is 26. The SMILES string of the molecule is CC/C=C\C/C=C\C/C=C\C/C=C\C/C=C\C/C=C\C/C=C\C/C=C\C/C=C\C/C=C\C/C=C\C/C=C\CCCCCCC(=O)OC(COC(=O)CCCCCCC/C=C\CCCCCCCCC)COC(OCC[N+](C)(C)C)C(=O)O. The number of nitrogens with zero attached hydrogens (tertiary/aromatic N) is 1. The number of carboxylic acid groups (broad SMARTS) is 1. The number of unbranched alkanes of at least 4 members (excludes halogenated alkanes) is 16. The Morgan fingerprint density at radius 3 is 1.05 bits per heavy atom. The average Bonchev–Trinajstić information content (AvgIpc) is 3.45. The first-order valence-corrected chi connectivity index (χ1v) is 32.1. The maximum absolute atomic E-state index is 12.9. The Balaban J connectivity index is 4.25. The number of esters is 2. The lowest BCUT2D eigenvalue weighted by molar-refractivity contribution is -0.870. The highest BCUT2D eigenvalue weighted by atomic mass is 16.7. The molecule has 82 heavy (non-hydrogen) atoms. The van der Waals surface area contributed by atoms with Gasteiger partial charge in [-0.1, -0.05) is 242 Å². The van der Waals surface area contributed by atoms with Crippen molar-refractivity contribution in [2.45, 2.75) is 238 Å². The van der Waals surface area contributed by atoms with Crippen molar-refractivity contribution in [2.24, 2.45) is 0 Å². The Hall–Kier alpha value is -5.09. The monoisotopic (exact) mass is 1140 g/mol. The molecule has 0 saturated carbocycles. The van der Waals surface area contributed by atoms with Gasteiger partial charge in [-0.3, -0.25) is 9.59 Å². The summed E-state index contributed by atoms with van der Waals surface area (Å²) in [6.07, 6.45) is 89.1. The van der Waals surface area contributed by atoms with E-state index in [1.54, 1.807) is 0 Å². The van der Waals surface area contributed by atoms with Crippen LogP contribution >= 0.6 is 0 Å². The summed E-state index contributed by atoms with van der Waals surface area (Å²) in [5.41, 5.74) is 0. The molecule has 0 aromatic heterocycles. The second kappa shape index (κ2) is 62.0. The van der Waals surface area contributed by atoms with Crippen LogP contribution in [0.3, 0.4) is 0 Å². The van der Waals surface area contributed by atoms with Crippen LogP contribution in [0.1, 0.15) is 226 Å². The molecular formula is C73H118NO8+. The van der Waals surface area contributed by atoms with Crippen molar-refractivity contribution >= 4 is 17.9 Å². The van der Waals surface area contributed by atoms with Crippen LogP contribution in [0.4, 0.5) is 0 Å². The summed E-state index contributed by atoms with van der Waals surface area (Å²) in [4.78, 5) is 37.4. The van der Waals surface area contributed by atoms with Gasteiger partial charge in [0.05, 0.1) is 34.4 Å². The van der Waals surface area contributed by atoms with Crippen LogP contribution in [-0.4, -0.2) is 87.4 Å². The van der Waals surface area contributed by atoms with E-state index < -0.39 is 24.3 Å². The predicted molar refractivity (Wildman–Crippen MR) is 350 cm³/mol. The zero-order valence-corrected chi connectivity index (χ0v) is 52.6. The van der Waals surface area contributed by atoms with Crippen LogP contribution in [-0.2, 0) is 33.3 Å². The number of carboxylic acids is 1. The molecule has 9 heteroatoms. The smallest absolute Gasteiger partial charge is 0.361 e. The third kappa shape index (κ3) is 62.5. The lowest BCUT2D eigenvalue weighted by Crippen LogP contribution is -2.40. The molecule has 0 spiro atoms. The topological polar surface area (TPSA) is 108 Å². The molecule has 2 atom stereocenters. The Morgan fingerprint density at radius 1 is 0.378 bits per heavy atom. The number of quaternary nitrogens is 1. The summed E-state index contributed by atoms with van der Waals surface area (Å²) in [6.45, 7) is 4.70. The Labute approximate surface area is 502 Å². The summed E-state index contributed by atoms with van der Waals surface area (Å²) < 4.78 is 22.8. The van der Waals surface area contributed by atoms with Gasteiger partial charge in [-0.25, -0.2) is 4.79 Å². The van der Waals surface area contributed by atoms with E-state index in [1.165, 1.54) is 51.4 Å². The Morgan fingerprint density at radius 2 is 0.695 bits per heavy atom. The van der Waals surface area contributed by atoms with Gasteiger partial charge in [0.1, 0.15) is 13.2 Å². The van der Waals surface area contributed by atoms with Crippen LogP contribution in [0.15, 0.2) is 158 Å². The van der Waals surface area contributed by atoms with Gasteiger partial charge in [-0.15, -0.1) is 0 Å². The molecular weight excluding hydrogens is 1020 g/mol. The summed E-state index contributed by atoms with van der Waals surface area (Å²) in [5, 5.41) is 9.71. The number of likely N-dealkylation sites (N-methyl/N-ethyl adjacent to an activating group) is 1. The molecule has 0 aromatic carbocycles. The van der Waals surface area contributed by atoms with Crippen molar-refractivity contribution in [1.29, 1.82) is 0 Å². The van der Waals surface area contributed by atoms with Crippen molar-refractivity contribution in [3.8, 4) is 0 Å². The van der Waals surface area contributed by atoms with Crippen molar-refractivity contribution in [3.63, 3.8) is 0 Å². The second-order valence-electron chi connectivity index (χ2n) is 22.0. The van der Waals surface area contributed by atoms with Crippen molar-refractivity contribution < 1.29 is 42.9 Å². The first kappa shape index (κ1) is 76.9. The number of ether oxygens (including phenoxy) is 4. The highest BCUT2D eigenvalue weighted by molar-refractivity contribution is 5.71. The third-order valence-electron chi connectivity index (χ3n) is 13.0. The molecule has 0 amide bonds. The molecule has 9 nitrogen and oxygen atoms in total. The molecule has 0 aliphatic heterocycles. The van der Waals surface area contributed by atoms with E-state index in [9.17, 15) is 19.5 Å². The highest BCUT2D eigenvalue weighted by Crippen LogP contribution is 2.13. The predicted octanol–water partition coefficient (Wildman–Crippen LogP) is 19.7. The van der Waals surface area contributed by atoms with Gasteiger partial charge >= 0.3 is 17.9 Å². The molecule has 0 aliphatic rings. The average molecular weight is 1140 g/mol. The van der Waals surface area contributed by atoms with Gasteiger partial charge in [0.25, 0.3) is 6.29 Å². The van der Waals surface area contributed by atoms with Crippen LogP contribution in [0.25, 0.3) is 0 Å². The molecule has 0 fully saturated rings. The molecule has 0 heterocycles. The molecule has 0 aromatic rings. The summed E-state index contributed by atoms with van der Waals surface area (Å²) in [7, 11) is 5.95. The zero-order valence-electron chi connectivity index (χ0n) is 52.6. The Bertz CT molecular complexity index is 1900.